The third kappa shape index (κ3) is 5.66. The van der Waals surface area contributed by atoms with E-state index in [-0.39, 0.29) is 12.6 Å². The number of carbonyl (C=O) groups excluding carboxylic acids is 1. The van der Waals surface area contributed by atoms with E-state index >= 15 is 0 Å². The molecule has 0 amide bonds. The van der Waals surface area contributed by atoms with E-state index in [0.717, 1.165) is 18.7 Å². The lowest BCUT2D eigenvalue weighted by atomic mass is 10.2. The molecule has 0 fully saturated rings. The highest BCUT2D eigenvalue weighted by molar-refractivity contribution is 5.89. The van der Waals surface area contributed by atoms with E-state index in [1.807, 2.05) is 19.2 Å². The molecule has 0 aliphatic rings. The number of ether oxygens (including phenoxy) is 2. The minimum atomic E-state index is -0.334. The molecule has 1 heterocycles. The predicted octanol–water partition coefficient (Wildman–Crippen LogP) is 2.00. The maximum atomic E-state index is 12.0. The molecule has 0 unspecified atom stereocenters. The Morgan fingerprint density at radius 1 is 1.21 bits per heavy atom. The second-order valence-electron chi connectivity index (χ2n) is 5.38. The van der Waals surface area contributed by atoms with Crippen LogP contribution in [0.2, 0.25) is 0 Å². The highest BCUT2D eigenvalue weighted by Crippen LogP contribution is 2.14. The standard InChI is InChI=1S/C17H24N4O3/c1-3-8-20(2)16-6-4-15(5-7-16)17(22)24-12-11-23-10-9-21-14-18-13-19-21/h4-7,13-14H,3,8-12H2,1-2H3. The fourth-order valence-corrected chi connectivity index (χ4v) is 2.20. The topological polar surface area (TPSA) is 69.5 Å². The maximum Gasteiger partial charge on any atom is 0.338 e. The highest BCUT2D eigenvalue weighted by Gasteiger charge is 2.08. The van der Waals surface area contributed by atoms with Crippen molar-refractivity contribution in [2.45, 2.75) is 19.9 Å². The SMILES string of the molecule is CCCN(C)c1ccc(C(=O)OCCOCCn2cncn2)cc1. The van der Waals surface area contributed by atoms with E-state index < -0.39 is 0 Å². The molecule has 0 aliphatic carbocycles. The summed E-state index contributed by atoms with van der Waals surface area (Å²) in [5.41, 5.74) is 1.64. The first-order valence-electron chi connectivity index (χ1n) is 8.09. The van der Waals surface area contributed by atoms with Crippen molar-refractivity contribution >= 4 is 11.7 Å². The summed E-state index contributed by atoms with van der Waals surface area (Å²) in [5.74, 6) is -0.334. The van der Waals surface area contributed by atoms with Gasteiger partial charge in [0.15, 0.2) is 0 Å². The molecule has 2 aromatic rings. The molecule has 0 N–H and O–H groups in total. The molecule has 0 aliphatic heterocycles. The van der Waals surface area contributed by atoms with Crippen molar-refractivity contribution in [1.29, 1.82) is 0 Å². The minimum Gasteiger partial charge on any atom is -0.460 e. The van der Waals surface area contributed by atoms with E-state index in [4.69, 9.17) is 9.47 Å². The highest BCUT2D eigenvalue weighted by atomic mass is 16.6. The molecule has 2 rings (SSSR count). The van der Waals surface area contributed by atoms with Gasteiger partial charge in [0.05, 0.1) is 25.3 Å². The zero-order valence-corrected chi connectivity index (χ0v) is 14.2. The fourth-order valence-electron chi connectivity index (χ4n) is 2.20. The Hall–Kier alpha value is -2.41. The molecular weight excluding hydrogens is 308 g/mol. The van der Waals surface area contributed by atoms with Crippen molar-refractivity contribution in [3.8, 4) is 0 Å². The predicted molar refractivity (Wildman–Crippen MR) is 91.1 cm³/mol. The van der Waals surface area contributed by atoms with Crippen LogP contribution in [0.1, 0.15) is 23.7 Å². The third-order valence-electron chi connectivity index (χ3n) is 3.49. The van der Waals surface area contributed by atoms with Crippen LogP contribution < -0.4 is 4.90 Å². The van der Waals surface area contributed by atoms with Gasteiger partial charge in [-0.1, -0.05) is 6.92 Å². The van der Waals surface area contributed by atoms with E-state index in [9.17, 15) is 4.79 Å². The Morgan fingerprint density at radius 2 is 2.00 bits per heavy atom. The smallest absolute Gasteiger partial charge is 0.338 e. The summed E-state index contributed by atoms with van der Waals surface area (Å²) in [6.07, 6.45) is 4.19. The first-order valence-corrected chi connectivity index (χ1v) is 8.09. The van der Waals surface area contributed by atoms with Gasteiger partial charge in [-0.05, 0) is 30.7 Å². The van der Waals surface area contributed by atoms with Crippen molar-refractivity contribution in [3.63, 3.8) is 0 Å². The largest absolute Gasteiger partial charge is 0.460 e. The van der Waals surface area contributed by atoms with Crippen molar-refractivity contribution in [3.05, 3.63) is 42.5 Å². The van der Waals surface area contributed by atoms with Crippen LogP contribution in [-0.4, -0.2) is 54.1 Å². The Morgan fingerprint density at radius 3 is 2.67 bits per heavy atom. The van der Waals surface area contributed by atoms with Crippen LogP contribution in [0.3, 0.4) is 0 Å². The Kier molecular flexibility index (Phi) is 7.22. The number of rotatable bonds is 10. The molecule has 0 spiro atoms. The molecular formula is C17H24N4O3. The number of hydrogen-bond donors (Lipinski definition) is 0. The molecule has 130 valence electrons. The average Bonchev–Trinajstić information content (AvgIpc) is 3.11. The van der Waals surface area contributed by atoms with Gasteiger partial charge >= 0.3 is 5.97 Å². The number of nitrogens with zero attached hydrogens (tertiary/aromatic N) is 4. The van der Waals surface area contributed by atoms with Gasteiger partial charge < -0.3 is 14.4 Å². The summed E-state index contributed by atoms with van der Waals surface area (Å²) < 4.78 is 12.3. The second kappa shape index (κ2) is 9.67. The first-order chi connectivity index (χ1) is 11.7. The van der Waals surface area contributed by atoms with Gasteiger partial charge in [0.2, 0.25) is 0 Å². The number of benzene rings is 1. The Labute approximate surface area is 142 Å². The van der Waals surface area contributed by atoms with E-state index in [0.29, 0.717) is 25.3 Å². The van der Waals surface area contributed by atoms with Gasteiger partial charge in [-0.25, -0.2) is 9.78 Å². The number of anilines is 1. The molecule has 24 heavy (non-hydrogen) atoms. The lowest BCUT2D eigenvalue weighted by Gasteiger charge is -2.18. The normalized spacial score (nSPS) is 10.6. The zero-order valence-electron chi connectivity index (χ0n) is 14.2. The molecule has 0 atom stereocenters. The van der Waals surface area contributed by atoms with Gasteiger partial charge in [-0.15, -0.1) is 0 Å². The van der Waals surface area contributed by atoms with E-state index in [1.54, 1.807) is 23.1 Å². The summed E-state index contributed by atoms with van der Waals surface area (Å²) in [6.45, 7) is 4.83. The lowest BCUT2D eigenvalue weighted by molar-refractivity contribution is 0.0303. The summed E-state index contributed by atoms with van der Waals surface area (Å²) in [4.78, 5) is 18.0. The Balaban J connectivity index is 1.65. The maximum absolute atomic E-state index is 12.0. The van der Waals surface area contributed by atoms with Crippen LogP contribution in [0.5, 0.6) is 0 Å². The second-order valence-corrected chi connectivity index (χ2v) is 5.38. The number of esters is 1. The molecule has 0 radical (unpaired) electrons. The molecule has 7 nitrogen and oxygen atoms in total. The first kappa shape index (κ1) is 17.9. The van der Waals surface area contributed by atoms with Crippen LogP contribution >= 0.6 is 0 Å². The van der Waals surface area contributed by atoms with Gasteiger partial charge in [0.1, 0.15) is 19.3 Å². The van der Waals surface area contributed by atoms with Gasteiger partial charge in [-0.3, -0.25) is 4.68 Å². The number of carbonyl (C=O) groups is 1. The molecule has 7 heteroatoms. The molecule has 1 aromatic heterocycles. The van der Waals surface area contributed by atoms with Crippen LogP contribution in [0.4, 0.5) is 5.69 Å². The summed E-state index contributed by atoms with van der Waals surface area (Å²) >= 11 is 0. The van der Waals surface area contributed by atoms with Crippen LogP contribution in [0.25, 0.3) is 0 Å². The third-order valence-corrected chi connectivity index (χ3v) is 3.49. The van der Waals surface area contributed by atoms with Crippen molar-refractivity contribution in [1.82, 2.24) is 14.8 Å². The zero-order chi connectivity index (χ0) is 17.2. The number of hydrogen-bond acceptors (Lipinski definition) is 6. The average molecular weight is 332 g/mol. The summed E-state index contributed by atoms with van der Waals surface area (Å²) in [7, 11) is 2.04. The molecule has 1 aromatic carbocycles. The molecule has 0 saturated carbocycles. The molecule has 0 bridgehead atoms. The van der Waals surface area contributed by atoms with Crippen LogP contribution in [0.15, 0.2) is 36.9 Å². The van der Waals surface area contributed by atoms with E-state index in [2.05, 4.69) is 21.9 Å². The minimum absolute atomic E-state index is 0.230. The monoisotopic (exact) mass is 332 g/mol. The van der Waals surface area contributed by atoms with E-state index in [1.165, 1.54) is 6.33 Å². The number of aromatic nitrogens is 3. The van der Waals surface area contributed by atoms with Gasteiger partial charge in [-0.2, -0.15) is 5.10 Å². The van der Waals surface area contributed by atoms with Crippen molar-refractivity contribution in [2.75, 3.05) is 38.3 Å². The van der Waals surface area contributed by atoms with Crippen molar-refractivity contribution < 1.29 is 14.3 Å². The lowest BCUT2D eigenvalue weighted by Crippen LogP contribution is -2.18. The van der Waals surface area contributed by atoms with Crippen LogP contribution in [0, 0.1) is 0 Å². The van der Waals surface area contributed by atoms with Gasteiger partial charge in [0.25, 0.3) is 0 Å². The quantitative estimate of drug-likeness (QED) is 0.490. The Bertz CT molecular complexity index is 599. The summed E-state index contributed by atoms with van der Waals surface area (Å²) in [5, 5.41) is 3.97. The molecule has 0 saturated heterocycles. The van der Waals surface area contributed by atoms with Crippen LogP contribution in [-0.2, 0) is 16.0 Å². The van der Waals surface area contributed by atoms with Gasteiger partial charge in [0, 0.05) is 19.3 Å². The fraction of sp³-hybridized carbons (Fsp3) is 0.471. The van der Waals surface area contributed by atoms with Crippen molar-refractivity contribution in [2.24, 2.45) is 0 Å². The summed E-state index contributed by atoms with van der Waals surface area (Å²) in [6, 6.07) is 7.44.